The lowest BCUT2D eigenvalue weighted by molar-refractivity contribution is -0.112. The molecule has 0 spiro atoms. The van der Waals surface area contributed by atoms with Gasteiger partial charge in [-0.05, 0) is 23.8 Å². The summed E-state index contributed by atoms with van der Waals surface area (Å²) in [7, 11) is 1.85. The highest BCUT2D eigenvalue weighted by Crippen LogP contribution is 2.27. The molecule has 25 heavy (non-hydrogen) atoms. The van der Waals surface area contributed by atoms with Gasteiger partial charge in [-0.1, -0.05) is 30.3 Å². The maximum absolute atomic E-state index is 11.6. The highest BCUT2D eigenvalue weighted by Gasteiger charge is 2.25. The molecule has 0 aliphatic carbocycles. The number of nitrogens with zero attached hydrogens (tertiary/aromatic N) is 3. The molecular weight excluding hydrogens is 312 g/mol. The van der Waals surface area contributed by atoms with Gasteiger partial charge in [-0.2, -0.15) is 5.26 Å². The number of anilines is 2. The van der Waals surface area contributed by atoms with Gasteiger partial charge in [-0.15, -0.1) is 0 Å². The van der Waals surface area contributed by atoms with Crippen molar-refractivity contribution in [1.82, 2.24) is 4.90 Å². The molecule has 1 unspecified atom stereocenters. The van der Waals surface area contributed by atoms with Crippen molar-refractivity contribution in [2.45, 2.75) is 6.04 Å². The van der Waals surface area contributed by atoms with Crippen LogP contribution in [-0.4, -0.2) is 44.4 Å². The van der Waals surface area contributed by atoms with E-state index in [1.54, 1.807) is 0 Å². The fourth-order valence-corrected chi connectivity index (χ4v) is 3.32. The number of hydrogen-bond acceptors (Lipinski definition) is 5. The summed E-state index contributed by atoms with van der Waals surface area (Å²) in [5.74, 6) is 0. The monoisotopic (exact) mass is 334 g/mol. The maximum Gasteiger partial charge on any atom is 0.141 e. The minimum absolute atomic E-state index is 0.203. The second kappa shape index (κ2) is 7.82. The molecule has 0 aromatic heterocycles. The van der Waals surface area contributed by atoms with Gasteiger partial charge in [0, 0.05) is 38.9 Å². The van der Waals surface area contributed by atoms with Gasteiger partial charge in [0.2, 0.25) is 0 Å². The van der Waals surface area contributed by atoms with Crippen molar-refractivity contribution < 1.29 is 4.79 Å². The van der Waals surface area contributed by atoms with Crippen molar-refractivity contribution in [1.29, 1.82) is 5.26 Å². The van der Waals surface area contributed by atoms with E-state index in [1.807, 2.05) is 55.6 Å². The van der Waals surface area contributed by atoms with Crippen molar-refractivity contribution in [3.05, 3.63) is 59.7 Å². The molecule has 0 amide bonds. The number of carbonyl (C=O) groups excluding carboxylic acids is 1. The smallest absolute Gasteiger partial charge is 0.141 e. The Hall–Kier alpha value is -2.84. The summed E-state index contributed by atoms with van der Waals surface area (Å²) in [5.41, 5.74) is 3.60. The molecule has 3 rings (SSSR count). The number of piperazine rings is 1. The van der Waals surface area contributed by atoms with E-state index < -0.39 is 0 Å². The standard InChI is InChI=1S/C20H22N4O/c1-22-18-7-8-19(17(13-18)14-21)23-9-11-24(12-10-23)20(15-25)16-5-3-2-4-6-16/h2-8,13,15,20,22H,9-12H2,1H3. The van der Waals surface area contributed by atoms with Gasteiger partial charge in [-0.25, -0.2) is 0 Å². The van der Waals surface area contributed by atoms with E-state index in [4.69, 9.17) is 0 Å². The summed E-state index contributed by atoms with van der Waals surface area (Å²) < 4.78 is 0. The average Bonchev–Trinajstić information content (AvgIpc) is 2.69. The summed E-state index contributed by atoms with van der Waals surface area (Å²) in [6, 6.07) is 17.8. The van der Waals surface area contributed by atoms with E-state index >= 15 is 0 Å². The van der Waals surface area contributed by atoms with E-state index in [1.165, 1.54) is 0 Å². The molecule has 2 aromatic rings. The van der Waals surface area contributed by atoms with Crippen LogP contribution in [0.3, 0.4) is 0 Å². The van der Waals surface area contributed by atoms with E-state index in [2.05, 4.69) is 21.2 Å². The summed E-state index contributed by atoms with van der Waals surface area (Å²) in [6.45, 7) is 3.17. The second-order valence-corrected chi connectivity index (χ2v) is 6.11. The zero-order chi connectivity index (χ0) is 17.6. The SMILES string of the molecule is CNc1ccc(N2CCN(C(C=O)c3ccccc3)CC2)c(C#N)c1. The van der Waals surface area contributed by atoms with Crippen LogP contribution in [0.2, 0.25) is 0 Å². The third-order valence-corrected chi connectivity index (χ3v) is 4.72. The van der Waals surface area contributed by atoms with Gasteiger partial charge in [-0.3, -0.25) is 4.90 Å². The minimum Gasteiger partial charge on any atom is -0.388 e. The van der Waals surface area contributed by atoms with Gasteiger partial charge in [0.15, 0.2) is 0 Å². The lowest BCUT2D eigenvalue weighted by Gasteiger charge is -2.39. The van der Waals surface area contributed by atoms with Crippen molar-refractivity contribution in [2.75, 3.05) is 43.4 Å². The molecule has 2 aromatic carbocycles. The predicted octanol–water partition coefficient (Wildman–Crippen LogP) is 2.66. The molecule has 5 nitrogen and oxygen atoms in total. The molecule has 0 radical (unpaired) electrons. The molecule has 1 N–H and O–H groups in total. The number of rotatable bonds is 5. The van der Waals surface area contributed by atoms with Crippen molar-refractivity contribution in [3.63, 3.8) is 0 Å². The van der Waals surface area contributed by atoms with Crippen molar-refractivity contribution in [2.24, 2.45) is 0 Å². The molecule has 1 heterocycles. The summed E-state index contributed by atoms with van der Waals surface area (Å²) >= 11 is 0. The third-order valence-electron chi connectivity index (χ3n) is 4.72. The lowest BCUT2D eigenvalue weighted by Crippen LogP contribution is -2.48. The quantitative estimate of drug-likeness (QED) is 0.852. The Kier molecular flexibility index (Phi) is 5.32. The topological polar surface area (TPSA) is 59.4 Å². The van der Waals surface area contributed by atoms with Crippen molar-refractivity contribution >= 4 is 17.7 Å². The molecule has 1 aliphatic rings. The van der Waals surface area contributed by atoms with Gasteiger partial charge in [0.25, 0.3) is 0 Å². The molecule has 1 fully saturated rings. The number of benzene rings is 2. The first-order valence-electron chi connectivity index (χ1n) is 8.48. The van der Waals surface area contributed by atoms with Gasteiger partial charge in [0.1, 0.15) is 12.4 Å². The van der Waals surface area contributed by atoms with Gasteiger partial charge in [0.05, 0.1) is 17.3 Å². The van der Waals surface area contributed by atoms with Crippen LogP contribution in [0.5, 0.6) is 0 Å². The number of nitrogens with one attached hydrogen (secondary N) is 1. The van der Waals surface area contributed by atoms with E-state index in [-0.39, 0.29) is 6.04 Å². The molecule has 0 bridgehead atoms. The molecule has 128 valence electrons. The Bertz CT molecular complexity index is 761. The maximum atomic E-state index is 11.6. The zero-order valence-corrected chi connectivity index (χ0v) is 14.4. The highest BCUT2D eigenvalue weighted by atomic mass is 16.1. The number of nitriles is 1. The van der Waals surface area contributed by atoms with E-state index in [0.29, 0.717) is 5.56 Å². The molecule has 1 saturated heterocycles. The van der Waals surface area contributed by atoms with E-state index in [9.17, 15) is 10.1 Å². The zero-order valence-electron chi connectivity index (χ0n) is 14.4. The summed E-state index contributed by atoms with van der Waals surface area (Å²) in [4.78, 5) is 16.0. The summed E-state index contributed by atoms with van der Waals surface area (Å²) in [5, 5.41) is 12.5. The van der Waals surface area contributed by atoms with Crippen LogP contribution in [0.4, 0.5) is 11.4 Å². The minimum atomic E-state index is -0.203. The number of carbonyl (C=O) groups is 1. The Labute approximate surface area is 148 Å². The number of hydrogen-bond donors (Lipinski definition) is 1. The average molecular weight is 334 g/mol. The lowest BCUT2D eigenvalue weighted by atomic mass is 10.1. The second-order valence-electron chi connectivity index (χ2n) is 6.11. The molecule has 1 atom stereocenters. The Balaban J connectivity index is 1.72. The Morgan fingerprint density at radius 3 is 2.44 bits per heavy atom. The molecule has 5 heteroatoms. The van der Waals surface area contributed by atoms with Crippen LogP contribution >= 0.6 is 0 Å². The van der Waals surface area contributed by atoms with Crippen LogP contribution in [0, 0.1) is 11.3 Å². The molecule has 0 saturated carbocycles. The van der Waals surface area contributed by atoms with Gasteiger partial charge < -0.3 is 15.0 Å². The van der Waals surface area contributed by atoms with E-state index in [0.717, 1.165) is 49.4 Å². The summed E-state index contributed by atoms with van der Waals surface area (Å²) in [6.07, 6.45) is 1.02. The van der Waals surface area contributed by atoms with Crippen LogP contribution in [0.15, 0.2) is 48.5 Å². The van der Waals surface area contributed by atoms with Crippen LogP contribution in [-0.2, 0) is 4.79 Å². The Morgan fingerprint density at radius 1 is 1.12 bits per heavy atom. The van der Waals surface area contributed by atoms with Crippen LogP contribution in [0.1, 0.15) is 17.2 Å². The molecular formula is C20H22N4O. The highest BCUT2D eigenvalue weighted by molar-refractivity contribution is 5.66. The van der Waals surface area contributed by atoms with Gasteiger partial charge >= 0.3 is 0 Å². The Morgan fingerprint density at radius 2 is 1.84 bits per heavy atom. The largest absolute Gasteiger partial charge is 0.388 e. The van der Waals surface area contributed by atoms with Crippen LogP contribution in [0.25, 0.3) is 0 Å². The normalized spacial score (nSPS) is 16.1. The first-order chi connectivity index (χ1) is 12.3. The number of aldehydes is 1. The van der Waals surface area contributed by atoms with Crippen LogP contribution < -0.4 is 10.2 Å². The molecule has 1 aliphatic heterocycles. The van der Waals surface area contributed by atoms with Crippen molar-refractivity contribution in [3.8, 4) is 6.07 Å². The predicted molar refractivity (Wildman–Crippen MR) is 99.7 cm³/mol. The third kappa shape index (κ3) is 3.65. The fraction of sp³-hybridized carbons (Fsp3) is 0.300. The first-order valence-corrected chi connectivity index (χ1v) is 8.48. The fourth-order valence-electron chi connectivity index (χ4n) is 3.32. The first kappa shape index (κ1) is 17.0.